The Balaban J connectivity index is 2.07. The summed E-state index contributed by atoms with van der Waals surface area (Å²) in [4.78, 5) is 29.7. The van der Waals surface area contributed by atoms with Crippen molar-refractivity contribution in [1.29, 1.82) is 0 Å². The molecule has 2 aromatic heterocycles. The van der Waals surface area contributed by atoms with Crippen LogP contribution in [-0.2, 0) is 12.6 Å². The lowest BCUT2D eigenvalue weighted by Gasteiger charge is -2.10. The van der Waals surface area contributed by atoms with Crippen molar-refractivity contribution in [2.75, 3.05) is 7.05 Å². The molecule has 0 radical (unpaired) electrons. The standard InChI is InChI=1S/C17H13ClF3N3O2S/c1-8-14(15(26)22-2)24-13(25)7-11(23-16(24)27-8)6-9-5-10(17(19,20)21)3-4-12(9)18/h3-5,7H,6H2,1-2H3,(H,22,26). The third-order valence-electron chi connectivity index (χ3n) is 3.93. The topological polar surface area (TPSA) is 63.5 Å². The van der Waals surface area contributed by atoms with Gasteiger partial charge in [0.25, 0.3) is 11.5 Å². The molecule has 3 rings (SSSR count). The summed E-state index contributed by atoms with van der Waals surface area (Å²) in [6.07, 6.45) is -4.54. The van der Waals surface area contributed by atoms with E-state index in [1.165, 1.54) is 23.6 Å². The van der Waals surface area contributed by atoms with Crippen molar-refractivity contribution in [3.8, 4) is 0 Å². The molecular weight excluding hydrogens is 403 g/mol. The number of nitrogens with zero attached hydrogens (tertiary/aromatic N) is 2. The van der Waals surface area contributed by atoms with Crippen molar-refractivity contribution in [2.24, 2.45) is 0 Å². The Morgan fingerprint density at radius 1 is 1.33 bits per heavy atom. The molecule has 0 atom stereocenters. The zero-order valence-electron chi connectivity index (χ0n) is 14.1. The highest BCUT2D eigenvalue weighted by Crippen LogP contribution is 2.32. The first-order valence-corrected chi connectivity index (χ1v) is 8.91. The number of thiazole rings is 1. The van der Waals surface area contributed by atoms with Gasteiger partial charge in [-0.05, 0) is 30.7 Å². The van der Waals surface area contributed by atoms with Gasteiger partial charge in [-0.2, -0.15) is 13.2 Å². The van der Waals surface area contributed by atoms with Crippen molar-refractivity contribution >= 4 is 33.8 Å². The minimum absolute atomic E-state index is 0.0409. The van der Waals surface area contributed by atoms with Crippen LogP contribution in [0.1, 0.15) is 32.2 Å². The molecule has 1 amide bonds. The predicted octanol–water partition coefficient (Wildman–Crippen LogP) is 3.69. The molecule has 0 bridgehead atoms. The quantitative estimate of drug-likeness (QED) is 0.709. The van der Waals surface area contributed by atoms with Crippen molar-refractivity contribution in [2.45, 2.75) is 19.5 Å². The minimum atomic E-state index is -4.50. The minimum Gasteiger partial charge on any atom is -0.354 e. The molecule has 0 spiro atoms. The first-order valence-electron chi connectivity index (χ1n) is 7.71. The van der Waals surface area contributed by atoms with E-state index in [4.69, 9.17) is 11.6 Å². The van der Waals surface area contributed by atoms with E-state index < -0.39 is 23.2 Å². The van der Waals surface area contributed by atoms with Gasteiger partial charge in [-0.3, -0.25) is 9.59 Å². The Labute approximate surface area is 160 Å². The number of alkyl halides is 3. The van der Waals surface area contributed by atoms with E-state index in [0.29, 0.717) is 4.88 Å². The Morgan fingerprint density at radius 2 is 2.04 bits per heavy atom. The molecular formula is C17H13ClF3N3O2S. The summed E-state index contributed by atoms with van der Waals surface area (Å²) in [6, 6.07) is 4.21. The molecule has 1 aromatic carbocycles. The van der Waals surface area contributed by atoms with Gasteiger partial charge in [0.15, 0.2) is 4.96 Å². The van der Waals surface area contributed by atoms with Crippen LogP contribution in [-0.4, -0.2) is 22.3 Å². The first kappa shape index (κ1) is 19.4. The van der Waals surface area contributed by atoms with Gasteiger partial charge in [-0.1, -0.05) is 11.6 Å². The Hall–Kier alpha value is -2.39. The monoisotopic (exact) mass is 415 g/mol. The van der Waals surface area contributed by atoms with E-state index in [1.807, 2.05) is 0 Å². The van der Waals surface area contributed by atoms with E-state index in [9.17, 15) is 22.8 Å². The summed E-state index contributed by atoms with van der Waals surface area (Å²) in [7, 11) is 1.45. The lowest BCUT2D eigenvalue weighted by atomic mass is 10.1. The highest BCUT2D eigenvalue weighted by Gasteiger charge is 2.31. The molecule has 10 heteroatoms. The largest absolute Gasteiger partial charge is 0.416 e. The third kappa shape index (κ3) is 3.70. The number of hydrogen-bond donors (Lipinski definition) is 1. The fourth-order valence-electron chi connectivity index (χ4n) is 2.68. The first-order chi connectivity index (χ1) is 12.6. The van der Waals surface area contributed by atoms with E-state index in [0.717, 1.165) is 23.5 Å². The van der Waals surface area contributed by atoms with E-state index in [2.05, 4.69) is 10.3 Å². The molecule has 0 aliphatic rings. The molecule has 27 heavy (non-hydrogen) atoms. The fourth-order valence-corrected chi connectivity index (χ4v) is 3.85. The summed E-state index contributed by atoms with van der Waals surface area (Å²) in [5.74, 6) is -0.420. The number of carbonyl (C=O) groups excluding carboxylic acids is 1. The van der Waals surface area contributed by atoms with Crippen molar-refractivity contribution < 1.29 is 18.0 Å². The second-order valence-electron chi connectivity index (χ2n) is 5.77. The maximum absolute atomic E-state index is 12.9. The number of aromatic nitrogens is 2. The Bertz CT molecular complexity index is 1110. The van der Waals surface area contributed by atoms with Crippen LogP contribution in [0.5, 0.6) is 0 Å². The van der Waals surface area contributed by atoms with Crippen LogP contribution < -0.4 is 10.9 Å². The second kappa shape index (κ2) is 6.97. The van der Waals surface area contributed by atoms with Crippen molar-refractivity contribution in [3.05, 3.63) is 67.0 Å². The average molecular weight is 416 g/mol. The molecule has 0 fully saturated rings. The molecule has 0 saturated carbocycles. The SMILES string of the molecule is CNC(=O)c1c(C)sc2nc(Cc3cc(C(F)(F)F)ccc3Cl)cc(=O)n12. The maximum Gasteiger partial charge on any atom is 0.416 e. The number of aryl methyl sites for hydroxylation is 1. The van der Waals surface area contributed by atoms with E-state index in [1.54, 1.807) is 6.92 Å². The summed E-state index contributed by atoms with van der Waals surface area (Å²) < 4.78 is 39.9. The van der Waals surface area contributed by atoms with Gasteiger partial charge in [0.2, 0.25) is 0 Å². The van der Waals surface area contributed by atoms with Crippen LogP contribution in [0, 0.1) is 6.92 Å². The highest BCUT2D eigenvalue weighted by molar-refractivity contribution is 7.17. The summed E-state index contributed by atoms with van der Waals surface area (Å²) in [5, 5.41) is 2.62. The van der Waals surface area contributed by atoms with Crippen LogP contribution >= 0.6 is 22.9 Å². The van der Waals surface area contributed by atoms with Crippen LogP contribution in [0.3, 0.4) is 0 Å². The molecule has 1 N–H and O–H groups in total. The van der Waals surface area contributed by atoms with Gasteiger partial charge in [-0.25, -0.2) is 9.38 Å². The van der Waals surface area contributed by atoms with E-state index in [-0.39, 0.29) is 33.4 Å². The number of halogens is 4. The number of nitrogens with one attached hydrogen (secondary N) is 1. The zero-order valence-corrected chi connectivity index (χ0v) is 15.7. The smallest absolute Gasteiger partial charge is 0.354 e. The molecule has 142 valence electrons. The highest BCUT2D eigenvalue weighted by atomic mass is 35.5. The number of fused-ring (bicyclic) bond motifs is 1. The lowest BCUT2D eigenvalue weighted by molar-refractivity contribution is -0.137. The second-order valence-corrected chi connectivity index (χ2v) is 7.36. The molecule has 3 aromatic rings. The van der Waals surface area contributed by atoms with Crippen molar-refractivity contribution in [3.63, 3.8) is 0 Å². The van der Waals surface area contributed by atoms with Crippen LogP contribution in [0.4, 0.5) is 13.2 Å². The van der Waals surface area contributed by atoms with Crippen molar-refractivity contribution in [1.82, 2.24) is 14.7 Å². The average Bonchev–Trinajstić information content (AvgIpc) is 2.91. The van der Waals surface area contributed by atoms with Crippen LogP contribution in [0.2, 0.25) is 5.02 Å². The lowest BCUT2D eigenvalue weighted by Crippen LogP contribution is -2.25. The Kier molecular flexibility index (Phi) is 5.00. The van der Waals surface area contributed by atoms with Gasteiger partial charge in [0.1, 0.15) is 5.69 Å². The summed E-state index contributed by atoms with van der Waals surface area (Å²) >= 11 is 7.17. The predicted molar refractivity (Wildman–Crippen MR) is 96.7 cm³/mol. The molecule has 0 unspecified atom stereocenters. The number of carbonyl (C=O) groups is 1. The third-order valence-corrected chi connectivity index (χ3v) is 5.25. The molecule has 0 saturated heterocycles. The van der Waals surface area contributed by atoms with E-state index >= 15 is 0 Å². The normalized spacial score (nSPS) is 11.8. The summed E-state index contributed by atoms with van der Waals surface area (Å²) in [6.45, 7) is 1.69. The number of hydrogen-bond acceptors (Lipinski definition) is 4. The summed E-state index contributed by atoms with van der Waals surface area (Å²) in [5.41, 5.74) is -0.637. The zero-order chi connectivity index (χ0) is 19.9. The van der Waals surface area contributed by atoms with Gasteiger partial charge in [0.05, 0.1) is 11.3 Å². The van der Waals surface area contributed by atoms with Crippen LogP contribution in [0.15, 0.2) is 29.1 Å². The molecule has 0 aliphatic carbocycles. The van der Waals surface area contributed by atoms with Gasteiger partial charge < -0.3 is 5.32 Å². The fraction of sp³-hybridized carbons (Fsp3) is 0.235. The van der Waals surface area contributed by atoms with Gasteiger partial charge in [-0.15, -0.1) is 11.3 Å². The molecule has 0 aliphatic heterocycles. The van der Waals surface area contributed by atoms with Gasteiger partial charge in [0, 0.05) is 29.4 Å². The van der Waals surface area contributed by atoms with Crippen LogP contribution in [0.25, 0.3) is 4.96 Å². The molecule has 2 heterocycles. The number of amides is 1. The maximum atomic E-state index is 12.9. The molecule has 5 nitrogen and oxygen atoms in total. The van der Waals surface area contributed by atoms with Gasteiger partial charge >= 0.3 is 6.18 Å². The number of rotatable bonds is 3. The number of benzene rings is 1. The Morgan fingerprint density at radius 3 is 2.67 bits per heavy atom.